The van der Waals surface area contributed by atoms with Gasteiger partial charge >= 0.3 is 5.97 Å². The lowest BCUT2D eigenvalue weighted by Crippen LogP contribution is -2.46. The zero-order chi connectivity index (χ0) is 10.5. The van der Waals surface area contributed by atoms with E-state index in [-0.39, 0.29) is 5.88 Å². The third-order valence-electron chi connectivity index (χ3n) is 1.58. The molecule has 0 fully saturated rings. The molecule has 13 heavy (non-hydrogen) atoms. The maximum absolute atomic E-state index is 10.7. The third-order valence-corrected chi connectivity index (χ3v) is 1.80. The molecule has 0 aromatic rings. The fourth-order valence-corrected chi connectivity index (χ4v) is 0.465. The average Bonchev–Trinajstić information content (AvgIpc) is 2.12. The number of hydrogen-bond acceptors (Lipinski definition) is 5. The first-order valence-electron chi connectivity index (χ1n) is 3.66. The molecule has 0 unspecified atom stereocenters. The van der Waals surface area contributed by atoms with Gasteiger partial charge in [0.15, 0.2) is 0 Å². The standard InChI is InChI=1S/C7H13ClN2O3/c1-5(9-12)7(2,3)10-13-6(11)4-8/h10,12H,4H2,1-3H3/b9-5+. The molecule has 2 N–H and O–H groups in total. The van der Waals surface area contributed by atoms with Gasteiger partial charge in [0.25, 0.3) is 0 Å². The molecular formula is C7H13ClN2O3. The molecule has 0 saturated carbocycles. The molecule has 5 nitrogen and oxygen atoms in total. The second-order valence-electron chi connectivity index (χ2n) is 3.02. The largest absolute Gasteiger partial charge is 0.411 e. The lowest BCUT2D eigenvalue weighted by Gasteiger charge is -2.23. The first-order valence-corrected chi connectivity index (χ1v) is 4.19. The van der Waals surface area contributed by atoms with Crippen LogP contribution in [0.3, 0.4) is 0 Å². The summed E-state index contributed by atoms with van der Waals surface area (Å²) in [5.74, 6) is -0.807. The SMILES string of the molecule is C/C(=N\O)C(C)(C)NOC(=O)CCl. The smallest absolute Gasteiger partial charge is 0.339 e. The molecule has 0 aromatic heterocycles. The first kappa shape index (κ1) is 12.2. The monoisotopic (exact) mass is 208 g/mol. The Labute approximate surface area is 81.7 Å². The van der Waals surface area contributed by atoms with Crippen molar-refractivity contribution in [3.8, 4) is 0 Å². The summed E-state index contributed by atoms with van der Waals surface area (Å²) in [6, 6.07) is 0. The van der Waals surface area contributed by atoms with Crippen molar-refractivity contribution in [3.63, 3.8) is 0 Å². The van der Waals surface area contributed by atoms with Crippen molar-refractivity contribution >= 4 is 23.3 Å². The van der Waals surface area contributed by atoms with Gasteiger partial charge in [-0.15, -0.1) is 17.1 Å². The summed E-state index contributed by atoms with van der Waals surface area (Å²) >= 11 is 5.20. The van der Waals surface area contributed by atoms with E-state index in [1.54, 1.807) is 20.8 Å². The van der Waals surface area contributed by atoms with Crippen LogP contribution in [0.25, 0.3) is 0 Å². The number of carbonyl (C=O) groups is 1. The molecule has 0 amide bonds. The van der Waals surface area contributed by atoms with Gasteiger partial charge in [-0.2, -0.15) is 0 Å². The van der Waals surface area contributed by atoms with Gasteiger partial charge in [0, 0.05) is 0 Å². The van der Waals surface area contributed by atoms with E-state index in [1.165, 1.54) is 0 Å². The number of oxime groups is 1. The highest BCUT2D eigenvalue weighted by Crippen LogP contribution is 2.04. The highest BCUT2D eigenvalue weighted by atomic mass is 35.5. The maximum Gasteiger partial charge on any atom is 0.339 e. The van der Waals surface area contributed by atoms with Crippen LogP contribution >= 0.6 is 11.6 Å². The van der Waals surface area contributed by atoms with Crippen LogP contribution in [0.15, 0.2) is 5.16 Å². The molecule has 0 aromatic carbocycles. The summed E-state index contributed by atoms with van der Waals surface area (Å²) in [4.78, 5) is 15.2. The maximum atomic E-state index is 10.7. The van der Waals surface area contributed by atoms with Crippen LogP contribution in [0, 0.1) is 0 Å². The van der Waals surface area contributed by atoms with Crippen molar-refractivity contribution in [2.45, 2.75) is 26.3 Å². The Morgan fingerprint density at radius 1 is 1.69 bits per heavy atom. The molecule has 0 bridgehead atoms. The third kappa shape index (κ3) is 4.10. The molecule has 0 spiro atoms. The van der Waals surface area contributed by atoms with Crippen molar-refractivity contribution in [1.29, 1.82) is 0 Å². The second-order valence-corrected chi connectivity index (χ2v) is 3.29. The quantitative estimate of drug-likeness (QED) is 0.312. The second kappa shape index (κ2) is 5.04. The average molecular weight is 209 g/mol. The van der Waals surface area contributed by atoms with Crippen molar-refractivity contribution in [2.75, 3.05) is 5.88 Å². The highest BCUT2D eigenvalue weighted by molar-refractivity contribution is 6.26. The zero-order valence-corrected chi connectivity index (χ0v) is 8.55. The van der Waals surface area contributed by atoms with E-state index in [2.05, 4.69) is 15.5 Å². The van der Waals surface area contributed by atoms with Gasteiger partial charge in [-0.05, 0) is 20.8 Å². The van der Waals surface area contributed by atoms with Crippen LogP contribution < -0.4 is 5.48 Å². The number of nitrogens with zero attached hydrogens (tertiary/aromatic N) is 1. The number of carbonyl (C=O) groups excluding carboxylic acids is 1. The van der Waals surface area contributed by atoms with E-state index in [4.69, 9.17) is 16.8 Å². The Bertz CT molecular complexity index is 216. The van der Waals surface area contributed by atoms with Gasteiger partial charge < -0.3 is 10.0 Å². The molecule has 76 valence electrons. The van der Waals surface area contributed by atoms with Crippen LogP contribution in [-0.2, 0) is 9.63 Å². The van der Waals surface area contributed by atoms with E-state index in [9.17, 15) is 4.79 Å². The fraction of sp³-hybridized carbons (Fsp3) is 0.714. The van der Waals surface area contributed by atoms with Gasteiger partial charge in [0.05, 0.1) is 11.3 Å². The number of alkyl halides is 1. The van der Waals surface area contributed by atoms with Crippen LogP contribution in [0.2, 0.25) is 0 Å². The number of halogens is 1. The Morgan fingerprint density at radius 3 is 2.62 bits per heavy atom. The molecular weight excluding hydrogens is 196 g/mol. The molecule has 0 saturated heterocycles. The highest BCUT2D eigenvalue weighted by Gasteiger charge is 2.23. The molecule has 0 rings (SSSR count). The normalized spacial score (nSPS) is 12.8. The fourth-order valence-electron chi connectivity index (χ4n) is 0.411. The van der Waals surface area contributed by atoms with Gasteiger partial charge in [0.2, 0.25) is 0 Å². The van der Waals surface area contributed by atoms with E-state index in [0.29, 0.717) is 5.71 Å². The van der Waals surface area contributed by atoms with Crippen LogP contribution in [0.5, 0.6) is 0 Å². The summed E-state index contributed by atoms with van der Waals surface area (Å²) in [5, 5.41) is 11.5. The summed E-state index contributed by atoms with van der Waals surface area (Å²) in [6.07, 6.45) is 0. The molecule has 0 radical (unpaired) electrons. The number of hydroxylamine groups is 1. The zero-order valence-electron chi connectivity index (χ0n) is 7.80. The summed E-state index contributed by atoms with van der Waals surface area (Å²) < 4.78 is 0. The molecule has 0 heterocycles. The minimum atomic E-state index is -0.712. The van der Waals surface area contributed by atoms with Gasteiger partial charge in [-0.1, -0.05) is 5.16 Å². The minimum Gasteiger partial charge on any atom is -0.411 e. The molecule has 0 aliphatic heterocycles. The Kier molecular flexibility index (Phi) is 4.72. The van der Waals surface area contributed by atoms with Crippen molar-refractivity contribution in [1.82, 2.24) is 5.48 Å². The Balaban J connectivity index is 4.11. The van der Waals surface area contributed by atoms with E-state index >= 15 is 0 Å². The number of rotatable bonds is 4. The summed E-state index contributed by atoms with van der Waals surface area (Å²) in [6.45, 7) is 4.99. The molecule has 0 atom stereocenters. The first-order chi connectivity index (χ1) is 5.94. The van der Waals surface area contributed by atoms with Crippen LogP contribution in [0.1, 0.15) is 20.8 Å². The lowest BCUT2D eigenvalue weighted by atomic mass is 10.0. The number of nitrogens with one attached hydrogen (secondary N) is 1. The lowest BCUT2D eigenvalue weighted by molar-refractivity contribution is -0.150. The minimum absolute atomic E-state index is 0.224. The van der Waals surface area contributed by atoms with Crippen molar-refractivity contribution < 1.29 is 14.8 Å². The van der Waals surface area contributed by atoms with E-state index < -0.39 is 11.5 Å². The predicted octanol–water partition coefficient (Wildman–Crippen LogP) is 0.902. The van der Waals surface area contributed by atoms with Crippen molar-refractivity contribution in [3.05, 3.63) is 0 Å². The molecule has 0 aliphatic carbocycles. The topological polar surface area (TPSA) is 70.9 Å². The van der Waals surface area contributed by atoms with Gasteiger partial charge in [-0.25, -0.2) is 4.79 Å². The van der Waals surface area contributed by atoms with Crippen LogP contribution in [0.4, 0.5) is 0 Å². The predicted molar refractivity (Wildman–Crippen MR) is 48.9 cm³/mol. The summed E-state index contributed by atoms with van der Waals surface area (Å²) in [7, 11) is 0. The molecule has 0 aliphatic rings. The Hall–Kier alpha value is -0.810. The van der Waals surface area contributed by atoms with E-state index in [0.717, 1.165) is 0 Å². The van der Waals surface area contributed by atoms with Gasteiger partial charge in [0.1, 0.15) is 5.88 Å². The number of hydrogen-bond donors (Lipinski definition) is 2. The van der Waals surface area contributed by atoms with E-state index in [1.807, 2.05) is 0 Å². The summed E-state index contributed by atoms with van der Waals surface area (Å²) in [5.41, 5.74) is 2.12. The Morgan fingerprint density at radius 2 is 2.23 bits per heavy atom. The van der Waals surface area contributed by atoms with Crippen LogP contribution in [-0.4, -0.2) is 28.3 Å². The van der Waals surface area contributed by atoms with Crippen molar-refractivity contribution in [2.24, 2.45) is 5.16 Å². The molecule has 6 heteroatoms. The van der Waals surface area contributed by atoms with Gasteiger partial charge in [-0.3, -0.25) is 0 Å².